The van der Waals surface area contributed by atoms with Crippen molar-refractivity contribution < 1.29 is 5.11 Å². The van der Waals surface area contributed by atoms with Crippen LogP contribution in [0.5, 0.6) is 0 Å². The maximum absolute atomic E-state index is 9.58. The summed E-state index contributed by atoms with van der Waals surface area (Å²) in [5.41, 5.74) is 2.07. The largest absolute Gasteiger partial charge is 0.388 e. The average Bonchev–Trinajstić information content (AvgIpc) is 2.42. The summed E-state index contributed by atoms with van der Waals surface area (Å²) in [5.74, 6) is 0. The van der Waals surface area contributed by atoms with Crippen molar-refractivity contribution >= 4 is 27.5 Å². The van der Waals surface area contributed by atoms with Crippen LogP contribution in [0, 0.1) is 0 Å². The van der Waals surface area contributed by atoms with E-state index in [1.165, 1.54) is 0 Å². The van der Waals surface area contributed by atoms with Crippen molar-refractivity contribution in [3.8, 4) is 0 Å². The highest BCUT2D eigenvalue weighted by Crippen LogP contribution is 2.39. The minimum Gasteiger partial charge on any atom is -0.388 e. The van der Waals surface area contributed by atoms with Gasteiger partial charge in [0.1, 0.15) is 0 Å². The molecule has 3 heteroatoms. The van der Waals surface area contributed by atoms with Crippen LogP contribution < -0.4 is 0 Å². The lowest BCUT2D eigenvalue weighted by Gasteiger charge is -2.07. The molecule has 1 atom stereocenters. The Morgan fingerprint density at radius 2 is 2.25 bits per heavy atom. The molecule has 0 spiro atoms. The van der Waals surface area contributed by atoms with E-state index in [0.717, 1.165) is 28.4 Å². The van der Waals surface area contributed by atoms with Gasteiger partial charge < -0.3 is 5.11 Å². The molecule has 1 nitrogen and oxygen atoms in total. The highest BCUT2D eigenvalue weighted by molar-refractivity contribution is 9.10. The predicted octanol–water partition coefficient (Wildman–Crippen LogP) is 3.08. The second kappa shape index (κ2) is 3.02. The Kier molecular flexibility index (Phi) is 2.15. The highest BCUT2D eigenvalue weighted by Gasteiger charge is 2.24. The number of hydrogen-bond donors (Lipinski definition) is 1. The number of hydrogen-bond acceptors (Lipinski definition) is 1. The first-order valence-electron chi connectivity index (χ1n) is 3.85. The van der Waals surface area contributed by atoms with Crippen LogP contribution in [-0.4, -0.2) is 5.11 Å². The van der Waals surface area contributed by atoms with E-state index in [1.807, 2.05) is 12.1 Å². The number of fused-ring (bicyclic) bond motifs is 1. The number of aliphatic hydroxyl groups is 1. The Hall–Kier alpha value is -0.0500. The van der Waals surface area contributed by atoms with Gasteiger partial charge >= 0.3 is 0 Å². The first kappa shape index (κ1) is 8.54. The van der Waals surface area contributed by atoms with Crippen molar-refractivity contribution in [2.75, 3.05) is 0 Å². The molecule has 1 aliphatic carbocycles. The Morgan fingerprint density at radius 1 is 1.50 bits per heavy atom. The summed E-state index contributed by atoms with van der Waals surface area (Å²) in [5, 5.41) is 10.3. The van der Waals surface area contributed by atoms with Crippen LogP contribution in [0.4, 0.5) is 0 Å². The van der Waals surface area contributed by atoms with Crippen molar-refractivity contribution in [3.63, 3.8) is 0 Å². The Labute approximate surface area is 84.5 Å². The van der Waals surface area contributed by atoms with Gasteiger partial charge in [-0.25, -0.2) is 0 Å². The molecule has 12 heavy (non-hydrogen) atoms. The van der Waals surface area contributed by atoms with Crippen LogP contribution in [0.25, 0.3) is 0 Å². The molecule has 0 aliphatic heterocycles. The number of rotatable bonds is 0. The van der Waals surface area contributed by atoms with Gasteiger partial charge in [0.2, 0.25) is 0 Å². The molecule has 64 valence electrons. The summed E-state index contributed by atoms with van der Waals surface area (Å²) in [4.78, 5) is 0. The van der Waals surface area contributed by atoms with Crippen molar-refractivity contribution in [1.29, 1.82) is 0 Å². The van der Waals surface area contributed by atoms with Gasteiger partial charge in [-0.1, -0.05) is 27.5 Å². The topological polar surface area (TPSA) is 20.2 Å². The zero-order chi connectivity index (χ0) is 8.72. The summed E-state index contributed by atoms with van der Waals surface area (Å²) in [7, 11) is 0. The lowest BCUT2D eigenvalue weighted by atomic mass is 10.1. The van der Waals surface area contributed by atoms with E-state index in [-0.39, 0.29) is 6.10 Å². The summed E-state index contributed by atoms with van der Waals surface area (Å²) >= 11 is 9.39. The van der Waals surface area contributed by atoms with Crippen LogP contribution in [0.2, 0.25) is 5.02 Å². The molecule has 0 radical (unpaired) electrons. The van der Waals surface area contributed by atoms with Crippen LogP contribution in [0.3, 0.4) is 0 Å². The predicted molar refractivity (Wildman–Crippen MR) is 52.4 cm³/mol. The molecule has 1 unspecified atom stereocenters. The van der Waals surface area contributed by atoms with Crippen molar-refractivity contribution in [3.05, 3.63) is 32.8 Å². The molecule has 1 aromatic rings. The lowest BCUT2D eigenvalue weighted by molar-refractivity contribution is 0.180. The zero-order valence-corrected chi connectivity index (χ0v) is 8.69. The summed E-state index contributed by atoms with van der Waals surface area (Å²) in [6.07, 6.45) is 1.33. The fourth-order valence-corrected chi connectivity index (χ4v) is 2.50. The molecule has 0 saturated carbocycles. The minimum atomic E-state index is -0.370. The first-order valence-corrected chi connectivity index (χ1v) is 5.02. The van der Waals surface area contributed by atoms with Gasteiger partial charge in [0, 0.05) is 15.1 Å². The third kappa shape index (κ3) is 1.18. The number of halogens is 2. The Bertz CT molecular complexity index is 325. The number of aliphatic hydroxyl groups excluding tert-OH is 1. The van der Waals surface area contributed by atoms with Gasteiger partial charge in [-0.05, 0) is 30.5 Å². The maximum Gasteiger partial charge on any atom is 0.0810 e. The normalized spacial score (nSPS) is 21.1. The van der Waals surface area contributed by atoms with E-state index < -0.39 is 0 Å². The third-order valence-electron chi connectivity index (χ3n) is 2.25. The summed E-state index contributed by atoms with van der Waals surface area (Å²) in [6, 6.07) is 3.75. The van der Waals surface area contributed by atoms with E-state index in [1.54, 1.807) is 0 Å². The quantitative estimate of drug-likeness (QED) is 0.747. The van der Waals surface area contributed by atoms with E-state index >= 15 is 0 Å². The van der Waals surface area contributed by atoms with Crippen LogP contribution in [0.15, 0.2) is 16.6 Å². The van der Waals surface area contributed by atoms with Crippen molar-refractivity contribution in [1.82, 2.24) is 0 Å². The maximum atomic E-state index is 9.58. The molecule has 0 amide bonds. The Balaban J connectivity index is 2.64. The molecule has 2 rings (SSSR count). The molecule has 1 aliphatic rings. The molecular weight excluding hydrogens is 239 g/mol. The fourth-order valence-electron chi connectivity index (χ4n) is 1.65. The zero-order valence-electron chi connectivity index (χ0n) is 6.35. The fraction of sp³-hybridized carbons (Fsp3) is 0.333. The smallest absolute Gasteiger partial charge is 0.0810 e. The molecule has 0 saturated heterocycles. The monoisotopic (exact) mass is 246 g/mol. The van der Waals surface area contributed by atoms with Crippen LogP contribution >= 0.6 is 27.5 Å². The van der Waals surface area contributed by atoms with Gasteiger partial charge in [-0.3, -0.25) is 0 Å². The second-order valence-electron chi connectivity index (χ2n) is 2.98. The molecular formula is C9H8BrClO. The van der Waals surface area contributed by atoms with Gasteiger partial charge in [-0.15, -0.1) is 0 Å². The second-order valence-corrected chi connectivity index (χ2v) is 4.24. The molecule has 0 fully saturated rings. The molecule has 0 bridgehead atoms. The van der Waals surface area contributed by atoms with Crippen LogP contribution in [0.1, 0.15) is 23.7 Å². The Morgan fingerprint density at radius 3 is 2.92 bits per heavy atom. The van der Waals surface area contributed by atoms with E-state index in [9.17, 15) is 5.11 Å². The number of benzene rings is 1. The average molecular weight is 248 g/mol. The van der Waals surface area contributed by atoms with Crippen LogP contribution in [-0.2, 0) is 6.42 Å². The lowest BCUT2D eigenvalue weighted by Crippen LogP contribution is -1.91. The van der Waals surface area contributed by atoms with E-state index in [0.29, 0.717) is 5.02 Å². The third-order valence-corrected chi connectivity index (χ3v) is 3.32. The summed E-state index contributed by atoms with van der Waals surface area (Å²) in [6.45, 7) is 0. The summed E-state index contributed by atoms with van der Waals surface area (Å²) < 4.78 is 1.05. The molecule has 1 N–H and O–H groups in total. The van der Waals surface area contributed by atoms with Gasteiger partial charge in [0.25, 0.3) is 0 Å². The molecule has 0 aromatic heterocycles. The first-order chi connectivity index (χ1) is 5.70. The standard InChI is InChI=1S/C9H8BrClO/c10-6-2-3-7(11)9-5(6)1-4-8(9)12/h2-3,8,12H,1,4H2. The van der Waals surface area contributed by atoms with E-state index in [4.69, 9.17) is 11.6 Å². The van der Waals surface area contributed by atoms with Crippen molar-refractivity contribution in [2.45, 2.75) is 18.9 Å². The SMILES string of the molecule is OC1CCc2c(Br)ccc(Cl)c21. The van der Waals surface area contributed by atoms with Gasteiger partial charge in [-0.2, -0.15) is 0 Å². The van der Waals surface area contributed by atoms with Crippen molar-refractivity contribution in [2.24, 2.45) is 0 Å². The minimum absolute atomic E-state index is 0.370. The highest BCUT2D eigenvalue weighted by atomic mass is 79.9. The van der Waals surface area contributed by atoms with Gasteiger partial charge in [0.15, 0.2) is 0 Å². The molecule has 1 aromatic carbocycles. The van der Waals surface area contributed by atoms with Gasteiger partial charge in [0.05, 0.1) is 6.10 Å². The van der Waals surface area contributed by atoms with E-state index in [2.05, 4.69) is 15.9 Å². The molecule has 0 heterocycles.